The van der Waals surface area contributed by atoms with Crippen LogP contribution in [0.5, 0.6) is 0 Å². The summed E-state index contributed by atoms with van der Waals surface area (Å²) in [6.45, 7) is 5.76. The third kappa shape index (κ3) is 6.33. The summed E-state index contributed by atoms with van der Waals surface area (Å²) in [6.07, 6.45) is 3.82. The van der Waals surface area contributed by atoms with Gasteiger partial charge in [0, 0.05) is 39.3 Å². The van der Waals surface area contributed by atoms with Gasteiger partial charge in [0.05, 0.1) is 0 Å². The van der Waals surface area contributed by atoms with Crippen LogP contribution in [0, 0.1) is 5.41 Å². The average Bonchev–Trinajstić information content (AvgIpc) is 3.18. The predicted octanol–water partition coefficient (Wildman–Crippen LogP) is 2.09. The minimum absolute atomic E-state index is 0.0629. The number of hydrogen-bond donors (Lipinski definition) is 2. The van der Waals surface area contributed by atoms with Crippen molar-refractivity contribution in [2.75, 3.05) is 26.8 Å². The maximum Gasteiger partial charge on any atom is 0.317 e. The molecule has 2 N–H and O–H groups in total. The number of nitrogens with zero attached hydrogens (tertiary/aromatic N) is 1. The quantitative estimate of drug-likeness (QED) is 0.647. The Morgan fingerprint density at radius 2 is 2.05 bits per heavy atom. The highest BCUT2D eigenvalue weighted by molar-refractivity contribution is 5.74. The molecule has 6 nitrogen and oxygen atoms in total. The van der Waals surface area contributed by atoms with Crippen molar-refractivity contribution in [2.24, 2.45) is 5.41 Å². The molecule has 0 aromatic heterocycles. The van der Waals surface area contributed by atoms with Gasteiger partial charge in [0.25, 0.3) is 0 Å². The van der Waals surface area contributed by atoms with E-state index < -0.39 is 5.97 Å². The Morgan fingerprint density at radius 1 is 1.38 bits per heavy atom. The molecule has 0 saturated heterocycles. The summed E-state index contributed by atoms with van der Waals surface area (Å²) in [5.74, 6) is -0.824. The summed E-state index contributed by atoms with van der Waals surface area (Å²) >= 11 is 0. The van der Waals surface area contributed by atoms with Crippen molar-refractivity contribution in [1.82, 2.24) is 10.2 Å². The molecule has 0 aromatic rings. The third-order valence-electron chi connectivity index (χ3n) is 4.08. The van der Waals surface area contributed by atoms with Gasteiger partial charge in [0.1, 0.15) is 0 Å². The fraction of sp³-hybridized carbons (Fsp3) is 0.867. The van der Waals surface area contributed by atoms with Crippen LogP contribution in [0.25, 0.3) is 0 Å². The molecule has 1 fully saturated rings. The monoisotopic (exact) mass is 300 g/mol. The highest BCUT2D eigenvalue weighted by Gasteiger charge is 2.42. The van der Waals surface area contributed by atoms with Crippen LogP contribution < -0.4 is 5.32 Å². The lowest BCUT2D eigenvalue weighted by molar-refractivity contribution is -0.137. The number of carboxylic acid groups (broad SMARTS) is 1. The van der Waals surface area contributed by atoms with Gasteiger partial charge in [-0.1, -0.05) is 0 Å². The number of urea groups is 1. The molecule has 0 atom stereocenters. The Hall–Kier alpha value is -1.30. The van der Waals surface area contributed by atoms with Gasteiger partial charge in [-0.2, -0.15) is 0 Å². The van der Waals surface area contributed by atoms with E-state index in [-0.39, 0.29) is 23.9 Å². The Morgan fingerprint density at radius 3 is 2.52 bits per heavy atom. The molecule has 6 heteroatoms. The maximum absolute atomic E-state index is 12.2. The lowest BCUT2D eigenvalue weighted by Gasteiger charge is -2.28. The van der Waals surface area contributed by atoms with Gasteiger partial charge in [-0.3, -0.25) is 4.79 Å². The summed E-state index contributed by atoms with van der Waals surface area (Å²) in [4.78, 5) is 24.5. The highest BCUT2D eigenvalue weighted by atomic mass is 16.5. The molecule has 0 heterocycles. The van der Waals surface area contributed by atoms with Crippen molar-refractivity contribution in [1.29, 1.82) is 0 Å². The van der Waals surface area contributed by atoms with E-state index in [1.165, 1.54) is 0 Å². The highest BCUT2D eigenvalue weighted by Crippen LogP contribution is 2.48. The minimum Gasteiger partial charge on any atom is -0.481 e. The molecule has 2 amide bonds. The van der Waals surface area contributed by atoms with Gasteiger partial charge in [0.2, 0.25) is 0 Å². The molecule has 0 radical (unpaired) electrons. The first kappa shape index (κ1) is 17.8. The Kier molecular flexibility index (Phi) is 6.95. The summed E-state index contributed by atoms with van der Waals surface area (Å²) in [5.41, 5.74) is 0.218. The van der Waals surface area contributed by atoms with Crippen LogP contribution >= 0.6 is 0 Å². The zero-order chi connectivity index (χ0) is 15.9. The van der Waals surface area contributed by atoms with Crippen LogP contribution in [0.2, 0.25) is 0 Å². The summed E-state index contributed by atoms with van der Waals surface area (Å²) in [7, 11) is 1.69. The van der Waals surface area contributed by atoms with Crippen molar-refractivity contribution in [3.63, 3.8) is 0 Å². The SMILES string of the molecule is COCCC1(CNC(=O)N(CCCC(=O)O)C(C)C)CC1. The molecule has 1 aliphatic carbocycles. The minimum atomic E-state index is -0.824. The van der Waals surface area contributed by atoms with E-state index in [1.807, 2.05) is 13.8 Å². The molecule has 1 aliphatic rings. The van der Waals surface area contributed by atoms with Crippen LogP contribution in [0.4, 0.5) is 4.79 Å². The summed E-state index contributed by atoms with van der Waals surface area (Å²) < 4.78 is 5.11. The predicted molar refractivity (Wildman–Crippen MR) is 80.3 cm³/mol. The topological polar surface area (TPSA) is 78.9 Å². The van der Waals surface area contributed by atoms with E-state index >= 15 is 0 Å². The normalized spacial score (nSPS) is 15.8. The molecular formula is C15H28N2O4. The zero-order valence-corrected chi connectivity index (χ0v) is 13.4. The first-order valence-electron chi connectivity index (χ1n) is 7.65. The number of methoxy groups -OCH3 is 1. The molecule has 1 rings (SSSR count). The number of carbonyl (C=O) groups excluding carboxylic acids is 1. The molecule has 0 aromatic carbocycles. The van der Waals surface area contributed by atoms with Gasteiger partial charge in [-0.15, -0.1) is 0 Å². The summed E-state index contributed by atoms with van der Waals surface area (Å²) in [6, 6.07) is -0.0352. The molecular weight excluding hydrogens is 272 g/mol. The fourth-order valence-electron chi connectivity index (χ4n) is 2.37. The number of aliphatic carboxylic acids is 1. The smallest absolute Gasteiger partial charge is 0.317 e. The van der Waals surface area contributed by atoms with Crippen LogP contribution in [0.3, 0.4) is 0 Å². The summed E-state index contributed by atoms with van der Waals surface area (Å²) in [5, 5.41) is 11.7. The van der Waals surface area contributed by atoms with E-state index in [4.69, 9.17) is 9.84 Å². The fourth-order valence-corrected chi connectivity index (χ4v) is 2.37. The second-order valence-electron chi connectivity index (χ2n) is 6.19. The maximum atomic E-state index is 12.2. The second kappa shape index (κ2) is 8.22. The van der Waals surface area contributed by atoms with E-state index in [1.54, 1.807) is 12.0 Å². The number of carboxylic acids is 1. The Bertz CT molecular complexity index is 354. The van der Waals surface area contributed by atoms with E-state index in [2.05, 4.69) is 5.32 Å². The molecule has 0 unspecified atom stereocenters. The third-order valence-corrected chi connectivity index (χ3v) is 4.08. The van der Waals surface area contributed by atoms with Crippen LogP contribution in [-0.2, 0) is 9.53 Å². The van der Waals surface area contributed by atoms with Crippen molar-refractivity contribution in [3.05, 3.63) is 0 Å². The molecule has 122 valence electrons. The Labute approximate surface area is 126 Å². The van der Waals surface area contributed by atoms with Crippen molar-refractivity contribution >= 4 is 12.0 Å². The van der Waals surface area contributed by atoms with Gasteiger partial charge < -0.3 is 20.1 Å². The van der Waals surface area contributed by atoms with Crippen LogP contribution in [0.15, 0.2) is 0 Å². The number of rotatable bonds is 10. The van der Waals surface area contributed by atoms with E-state index in [9.17, 15) is 9.59 Å². The standard InChI is InChI=1S/C15H28N2O4/c1-12(2)17(9-4-5-13(18)19)14(20)16-11-15(6-7-15)8-10-21-3/h12H,4-11H2,1-3H3,(H,16,20)(H,18,19). The number of nitrogens with one attached hydrogen (secondary N) is 1. The largest absolute Gasteiger partial charge is 0.481 e. The van der Waals surface area contributed by atoms with Crippen LogP contribution in [0.1, 0.15) is 46.0 Å². The number of carbonyl (C=O) groups is 2. The average molecular weight is 300 g/mol. The first-order valence-corrected chi connectivity index (χ1v) is 7.65. The lowest BCUT2D eigenvalue weighted by Crippen LogP contribution is -2.46. The Balaban J connectivity index is 2.37. The van der Waals surface area contributed by atoms with E-state index in [0.717, 1.165) is 25.9 Å². The zero-order valence-electron chi connectivity index (χ0n) is 13.4. The number of hydrogen-bond acceptors (Lipinski definition) is 3. The van der Waals surface area contributed by atoms with Crippen molar-refractivity contribution < 1.29 is 19.4 Å². The molecule has 0 spiro atoms. The molecule has 1 saturated carbocycles. The van der Waals surface area contributed by atoms with Gasteiger partial charge >= 0.3 is 12.0 Å². The molecule has 21 heavy (non-hydrogen) atoms. The second-order valence-corrected chi connectivity index (χ2v) is 6.19. The lowest BCUT2D eigenvalue weighted by atomic mass is 10.0. The number of amides is 2. The molecule has 0 bridgehead atoms. The van der Waals surface area contributed by atoms with Crippen molar-refractivity contribution in [2.45, 2.75) is 52.0 Å². The van der Waals surface area contributed by atoms with Gasteiger partial charge in [-0.05, 0) is 44.9 Å². The van der Waals surface area contributed by atoms with Crippen LogP contribution in [-0.4, -0.2) is 54.9 Å². The van der Waals surface area contributed by atoms with Crippen molar-refractivity contribution in [3.8, 4) is 0 Å². The molecule has 0 aliphatic heterocycles. The van der Waals surface area contributed by atoms with E-state index in [0.29, 0.717) is 19.5 Å². The van der Waals surface area contributed by atoms with Gasteiger partial charge in [-0.25, -0.2) is 4.79 Å². The first-order chi connectivity index (χ1) is 9.90. The number of ether oxygens (including phenoxy) is 1. The van der Waals surface area contributed by atoms with Gasteiger partial charge in [0.15, 0.2) is 0 Å².